The molecule has 0 aromatic carbocycles. The Morgan fingerprint density at radius 2 is 1.70 bits per heavy atom. The Morgan fingerprint density at radius 3 is 2.17 bits per heavy atom. The van der Waals surface area contributed by atoms with Crippen molar-refractivity contribution in [2.45, 2.75) is 39.2 Å². The second-order valence-electron chi connectivity index (χ2n) is 6.56. The number of carbonyl (C=O) groups is 1. The van der Waals surface area contributed by atoms with Crippen LogP contribution in [0.15, 0.2) is 0 Å². The molecule has 1 aliphatic rings. The first-order valence-electron chi connectivity index (χ1n) is 8.22. The number of rotatable bonds is 8. The van der Waals surface area contributed by atoms with Gasteiger partial charge in [0.15, 0.2) is 0 Å². The topological polar surface area (TPSA) is 70.2 Å². The zero-order valence-corrected chi connectivity index (χ0v) is 15.8. The molecule has 0 amide bonds. The van der Waals surface area contributed by atoms with Gasteiger partial charge in [0.2, 0.25) is 0 Å². The van der Waals surface area contributed by atoms with Crippen molar-refractivity contribution in [1.29, 1.82) is 0 Å². The highest BCUT2D eigenvalue weighted by atomic mass is 32.2. The predicted octanol–water partition coefficient (Wildman–Crippen LogP) is 0.778. The lowest BCUT2D eigenvalue weighted by Gasteiger charge is -2.35. The summed E-state index contributed by atoms with van der Waals surface area (Å²) in [4.78, 5) is 14.6. The van der Waals surface area contributed by atoms with E-state index in [-0.39, 0.29) is 31.1 Å². The summed E-state index contributed by atoms with van der Waals surface area (Å²) in [5.74, 6) is -0.0820. The predicted molar refractivity (Wildman–Crippen MR) is 90.2 cm³/mol. The molecule has 23 heavy (non-hydrogen) atoms. The highest BCUT2D eigenvalue weighted by Crippen LogP contribution is 2.18. The van der Waals surface area contributed by atoms with E-state index in [1.165, 1.54) is 31.9 Å². The fraction of sp³-hybridized carbons (Fsp3) is 0.933. The van der Waals surface area contributed by atoms with Crippen molar-refractivity contribution in [2.24, 2.45) is 5.92 Å². The van der Waals surface area contributed by atoms with Crippen LogP contribution < -0.4 is 0 Å². The summed E-state index contributed by atoms with van der Waals surface area (Å²) in [7, 11) is 0.963. The van der Waals surface area contributed by atoms with Crippen LogP contribution in [0.2, 0.25) is 0 Å². The number of esters is 1. The lowest BCUT2D eigenvalue weighted by atomic mass is 9.99. The molecule has 8 heteroatoms. The molecule has 136 valence electrons. The summed E-state index contributed by atoms with van der Waals surface area (Å²) in [6, 6.07) is -0.244. The van der Waals surface area contributed by atoms with Crippen molar-refractivity contribution >= 4 is 16.2 Å². The number of piperidine rings is 1. The van der Waals surface area contributed by atoms with Gasteiger partial charge in [-0.15, -0.1) is 0 Å². The molecule has 1 heterocycles. The number of nitrogens with zero attached hydrogens (tertiary/aromatic N) is 3. The molecule has 1 saturated heterocycles. The first-order chi connectivity index (χ1) is 10.7. The third-order valence-corrected chi connectivity index (χ3v) is 6.06. The zero-order chi connectivity index (χ0) is 17.6. The largest absolute Gasteiger partial charge is 0.463 e. The number of likely N-dealkylation sites (tertiary alicyclic amines) is 1. The molecule has 1 fully saturated rings. The van der Waals surface area contributed by atoms with Crippen LogP contribution in [-0.2, 0) is 19.7 Å². The number of hydrogen-bond acceptors (Lipinski definition) is 5. The van der Waals surface area contributed by atoms with Gasteiger partial charge in [-0.2, -0.15) is 17.0 Å². The Bertz CT molecular complexity index is 473. The van der Waals surface area contributed by atoms with Crippen LogP contribution in [0.4, 0.5) is 0 Å². The second-order valence-corrected chi connectivity index (χ2v) is 8.81. The Morgan fingerprint density at radius 1 is 1.13 bits per heavy atom. The fourth-order valence-corrected chi connectivity index (χ4v) is 3.66. The molecule has 1 atom stereocenters. The van der Waals surface area contributed by atoms with E-state index in [9.17, 15) is 13.2 Å². The summed E-state index contributed by atoms with van der Waals surface area (Å²) in [6.07, 6.45) is 3.43. The molecule has 0 aromatic rings. The standard InChI is InChI=1S/C15H31N3O4S/c1-13(2)14(18-9-7-6-8-10-18)15(19)22-12-11-17(5)23(20,21)16(3)4/h13-14H,6-12H2,1-5H3/t14-/m1/s1. The van der Waals surface area contributed by atoms with E-state index >= 15 is 0 Å². The minimum atomic E-state index is -3.47. The molecule has 0 spiro atoms. The Kier molecular flexibility index (Phi) is 7.93. The van der Waals surface area contributed by atoms with Crippen molar-refractivity contribution < 1.29 is 17.9 Å². The van der Waals surface area contributed by atoms with E-state index in [1.54, 1.807) is 0 Å². The molecule has 0 unspecified atom stereocenters. The van der Waals surface area contributed by atoms with Gasteiger partial charge in [-0.05, 0) is 31.8 Å². The molecular formula is C15H31N3O4S. The quantitative estimate of drug-likeness (QED) is 0.606. The Balaban J connectivity index is 2.53. The third kappa shape index (κ3) is 5.70. The van der Waals surface area contributed by atoms with Crippen LogP contribution in [-0.4, -0.2) is 81.3 Å². The normalized spacial score (nSPS) is 18.6. The third-order valence-electron chi connectivity index (χ3n) is 4.16. The van der Waals surface area contributed by atoms with Gasteiger partial charge < -0.3 is 4.74 Å². The van der Waals surface area contributed by atoms with Gasteiger partial charge in [-0.3, -0.25) is 9.69 Å². The zero-order valence-electron chi connectivity index (χ0n) is 15.0. The summed E-state index contributed by atoms with van der Waals surface area (Å²) in [5, 5.41) is 0. The van der Waals surface area contributed by atoms with E-state index in [0.29, 0.717) is 0 Å². The molecule has 0 aliphatic carbocycles. The van der Waals surface area contributed by atoms with Gasteiger partial charge >= 0.3 is 5.97 Å². The summed E-state index contributed by atoms with van der Waals surface area (Å²) in [6.45, 7) is 6.10. The lowest BCUT2D eigenvalue weighted by Crippen LogP contribution is -2.48. The van der Waals surface area contributed by atoms with Gasteiger partial charge in [-0.1, -0.05) is 20.3 Å². The van der Waals surface area contributed by atoms with E-state index in [0.717, 1.165) is 30.2 Å². The molecule has 7 nitrogen and oxygen atoms in total. The Hall–Kier alpha value is -0.700. The molecule has 0 saturated carbocycles. The summed E-state index contributed by atoms with van der Waals surface area (Å²) >= 11 is 0. The van der Waals surface area contributed by atoms with Crippen LogP contribution in [0.25, 0.3) is 0 Å². The maximum absolute atomic E-state index is 12.4. The molecule has 0 aromatic heterocycles. The summed E-state index contributed by atoms with van der Waals surface area (Å²) < 4.78 is 31.5. The Labute approximate surface area is 140 Å². The van der Waals surface area contributed by atoms with E-state index in [1.807, 2.05) is 13.8 Å². The number of ether oxygens (including phenoxy) is 1. The first kappa shape index (κ1) is 20.3. The van der Waals surface area contributed by atoms with E-state index in [2.05, 4.69) is 4.90 Å². The van der Waals surface area contributed by atoms with Crippen LogP contribution in [0.3, 0.4) is 0 Å². The molecule has 0 bridgehead atoms. The molecule has 0 radical (unpaired) electrons. The van der Waals surface area contributed by atoms with Crippen molar-refractivity contribution in [3.63, 3.8) is 0 Å². The second kappa shape index (κ2) is 8.96. The van der Waals surface area contributed by atoms with Gasteiger partial charge in [-0.25, -0.2) is 0 Å². The fourth-order valence-electron chi connectivity index (χ4n) is 2.79. The monoisotopic (exact) mass is 349 g/mol. The molecule has 1 aliphatic heterocycles. The van der Waals surface area contributed by atoms with Crippen LogP contribution in [0.1, 0.15) is 33.1 Å². The minimum absolute atomic E-state index is 0.0689. The highest BCUT2D eigenvalue weighted by molar-refractivity contribution is 7.86. The van der Waals surface area contributed by atoms with Crippen LogP contribution in [0, 0.1) is 5.92 Å². The van der Waals surface area contributed by atoms with Crippen molar-refractivity contribution in [1.82, 2.24) is 13.5 Å². The van der Waals surface area contributed by atoms with Crippen molar-refractivity contribution in [3.05, 3.63) is 0 Å². The van der Waals surface area contributed by atoms with Crippen LogP contribution in [0.5, 0.6) is 0 Å². The first-order valence-corrected chi connectivity index (χ1v) is 9.62. The van der Waals surface area contributed by atoms with Crippen molar-refractivity contribution in [3.8, 4) is 0 Å². The maximum Gasteiger partial charge on any atom is 0.323 e. The molecule has 0 N–H and O–H groups in total. The van der Waals surface area contributed by atoms with Crippen molar-refractivity contribution in [2.75, 3.05) is 47.4 Å². The van der Waals surface area contributed by atoms with Gasteiger partial charge in [0, 0.05) is 27.7 Å². The SMILES string of the molecule is CC(C)[C@H](C(=O)OCCN(C)S(=O)(=O)N(C)C)N1CCCCC1. The average Bonchev–Trinajstić information content (AvgIpc) is 2.47. The molecular weight excluding hydrogens is 318 g/mol. The van der Waals surface area contributed by atoms with Gasteiger partial charge in [0.25, 0.3) is 10.2 Å². The average molecular weight is 349 g/mol. The number of carbonyl (C=O) groups excluding carboxylic acids is 1. The molecule has 1 rings (SSSR count). The number of likely N-dealkylation sites (N-methyl/N-ethyl adjacent to an activating group) is 1. The number of hydrogen-bond donors (Lipinski definition) is 0. The summed E-state index contributed by atoms with van der Waals surface area (Å²) in [5.41, 5.74) is 0. The van der Waals surface area contributed by atoms with Gasteiger partial charge in [0.1, 0.15) is 12.6 Å². The highest BCUT2D eigenvalue weighted by Gasteiger charge is 2.31. The minimum Gasteiger partial charge on any atom is -0.463 e. The van der Waals surface area contributed by atoms with E-state index in [4.69, 9.17) is 4.74 Å². The smallest absolute Gasteiger partial charge is 0.323 e. The van der Waals surface area contributed by atoms with Crippen LogP contribution >= 0.6 is 0 Å². The maximum atomic E-state index is 12.4. The lowest BCUT2D eigenvalue weighted by molar-refractivity contribution is -0.152. The van der Waals surface area contributed by atoms with Gasteiger partial charge in [0.05, 0.1) is 0 Å². The van der Waals surface area contributed by atoms with E-state index < -0.39 is 10.2 Å².